The molecule has 1 saturated heterocycles. The van der Waals surface area contributed by atoms with Crippen molar-refractivity contribution < 1.29 is 19.4 Å². The van der Waals surface area contributed by atoms with Crippen molar-refractivity contribution in [3.8, 4) is 5.75 Å². The second-order valence-corrected chi connectivity index (χ2v) is 10.8. The summed E-state index contributed by atoms with van der Waals surface area (Å²) in [4.78, 5) is 32.3. The van der Waals surface area contributed by atoms with E-state index < -0.39 is 17.7 Å². The molecule has 1 amide bonds. The second-order valence-electron chi connectivity index (χ2n) is 10.8. The monoisotopic (exact) mass is 493 g/mol. The first-order valence-electron chi connectivity index (χ1n) is 12.3. The van der Waals surface area contributed by atoms with Crippen molar-refractivity contribution in [2.24, 2.45) is 0 Å². The summed E-state index contributed by atoms with van der Waals surface area (Å²) < 4.78 is 5.54. The van der Waals surface area contributed by atoms with E-state index in [4.69, 9.17) is 4.74 Å². The molecule has 0 bridgehead atoms. The Morgan fingerprint density at radius 2 is 1.67 bits per heavy atom. The quantitative estimate of drug-likeness (QED) is 0.333. The van der Waals surface area contributed by atoms with Crippen LogP contribution in [0, 0.1) is 0 Å². The fourth-order valence-electron chi connectivity index (χ4n) is 4.47. The summed E-state index contributed by atoms with van der Waals surface area (Å²) in [5, 5.41) is 11.6. The van der Waals surface area contributed by atoms with Crippen LogP contribution >= 0.6 is 0 Å². The number of ketones is 1. The number of carbonyl (C=O) groups excluding carboxylic acids is 2. The third kappa shape index (κ3) is 5.57. The van der Waals surface area contributed by atoms with E-state index >= 15 is 0 Å². The lowest BCUT2D eigenvalue weighted by atomic mass is 9.85. The Bertz CT molecular complexity index is 1140. The molecule has 1 aliphatic heterocycles. The molecule has 7 nitrogen and oxygen atoms in total. The maximum atomic E-state index is 13.4. The molecular formula is C29H39N3O4. The largest absolute Gasteiger partial charge is 0.507 e. The third-order valence-corrected chi connectivity index (χ3v) is 6.59. The van der Waals surface area contributed by atoms with Gasteiger partial charge in [-0.1, -0.05) is 39.0 Å². The molecule has 0 spiro atoms. The maximum absolute atomic E-state index is 13.4. The van der Waals surface area contributed by atoms with Crippen LogP contribution in [-0.2, 0) is 15.0 Å². The Morgan fingerprint density at radius 1 is 1.03 bits per heavy atom. The number of benzene rings is 2. The van der Waals surface area contributed by atoms with Gasteiger partial charge in [0.1, 0.15) is 11.5 Å². The number of aliphatic hydroxyl groups excluding tert-OH is 1. The highest BCUT2D eigenvalue weighted by molar-refractivity contribution is 6.46. The summed E-state index contributed by atoms with van der Waals surface area (Å²) in [7, 11) is 9.38. The number of ether oxygens (including phenoxy) is 1. The number of carbonyl (C=O) groups is 2. The van der Waals surface area contributed by atoms with Gasteiger partial charge < -0.3 is 24.5 Å². The summed E-state index contributed by atoms with van der Waals surface area (Å²) in [5.74, 6) is -1.04. The zero-order valence-electron chi connectivity index (χ0n) is 22.8. The highest BCUT2D eigenvalue weighted by atomic mass is 16.5. The van der Waals surface area contributed by atoms with Crippen molar-refractivity contribution in [3.05, 3.63) is 64.7 Å². The van der Waals surface area contributed by atoms with Crippen LogP contribution in [0.15, 0.2) is 48.0 Å². The van der Waals surface area contributed by atoms with E-state index in [1.165, 1.54) is 7.11 Å². The molecule has 194 valence electrons. The van der Waals surface area contributed by atoms with Gasteiger partial charge in [-0.15, -0.1) is 0 Å². The molecule has 2 aromatic carbocycles. The predicted molar refractivity (Wildman–Crippen MR) is 145 cm³/mol. The number of aliphatic hydroxyl groups is 1. The minimum Gasteiger partial charge on any atom is -0.507 e. The van der Waals surface area contributed by atoms with Gasteiger partial charge in [0.15, 0.2) is 0 Å². The highest BCUT2D eigenvalue weighted by Crippen LogP contribution is 2.42. The lowest BCUT2D eigenvalue weighted by Crippen LogP contribution is -2.32. The van der Waals surface area contributed by atoms with Gasteiger partial charge >= 0.3 is 0 Å². The first-order valence-corrected chi connectivity index (χ1v) is 12.3. The second kappa shape index (κ2) is 10.7. The number of amides is 1. The number of hydrogen-bond donors (Lipinski definition) is 1. The van der Waals surface area contributed by atoms with Crippen molar-refractivity contribution in [3.63, 3.8) is 0 Å². The van der Waals surface area contributed by atoms with Gasteiger partial charge in [-0.05, 0) is 67.9 Å². The van der Waals surface area contributed by atoms with E-state index in [-0.39, 0.29) is 16.7 Å². The predicted octanol–water partition coefficient (Wildman–Crippen LogP) is 4.43. The molecule has 2 aromatic rings. The van der Waals surface area contributed by atoms with Crippen molar-refractivity contribution in [1.82, 2.24) is 9.80 Å². The Kier molecular flexibility index (Phi) is 8.14. The number of methoxy groups -OCH3 is 1. The zero-order chi connectivity index (χ0) is 26.8. The van der Waals surface area contributed by atoms with Crippen molar-refractivity contribution in [2.45, 2.75) is 38.6 Å². The van der Waals surface area contributed by atoms with E-state index in [9.17, 15) is 14.7 Å². The molecule has 1 unspecified atom stereocenters. The third-order valence-electron chi connectivity index (χ3n) is 6.59. The number of likely N-dealkylation sites (tertiary alicyclic amines) is 1. The molecule has 0 radical (unpaired) electrons. The van der Waals surface area contributed by atoms with Crippen LogP contribution in [0.4, 0.5) is 5.69 Å². The fraction of sp³-hybridized carbons (Fsp3) is 0.448. The van der Waals surface area contributed by atoms with Crippen molar-refractivity contribution >= 4 is 23.1 Å². The lowest BCUT2D eigenvalue weighted by Gasteiger charge is -2.27. The Morgan fingerprint density at radius 3 is 2.19 bits per heavy atom. The number of rotatable bonds is 8. The van der Waals surface area contributed by atoms with Crippen LogP contribution in [0.3, 0.4) is 0 Å². The fourth-order valence-corrected chi connectivity index (χ4v) is 4.47. The highest BCUT2D eigenvalue weighted by Gasteiger charge is 2.46. The van der Waals surface area contributed by atoms with Gasteiger partial charge in [0.2, 0.25) is 0 Å². The van der Waals surface area contributed by atoms with Crippen LogP contribution in [0.2, 0.25) is 0 Å². The standard InChI is InChI=1S/C29H39N3O4/c1-29(2,3)20-12-15-23(36-8)22(18-20)26(33)24-25(19-10-13-21(14-11-19)31(6)7)32(28(35)27(24)34)17-9-16-30(4)5/h10-15,18,25,33H,9,16-17H2,1-8H3/b26-24+. The lowest BCUT2D eigenvalue weighted by molar-refractivity contribution is -0.139. The minimum absolute atomic E-state index is 0.0896. The first-order chi connectivity index (χ1) is 16.9. The van der Waals surface area contributed by atoms with Crippen molar-refractivity contribution in [2.75, 3.05) is 53.3 Å². The number of anilines is 1. The molecule has 1 atom stereocenters. The molecule has 1 aliphatic rings. The van der Waals surface area contributed by atoms with Gasteiger partial charge in [-0.2, -0.15) is 0 Å². The molecule has 1 N–H and O–H groups in total. The van der Waals surface area contributed by atoms with Gasteiger partial charge in [0.05, 0.1) is 24.3 Å². The van der Waals surface area contributed by atoms with Crippen LogP contribution in [0.5, 0.6) is 5.75 Å². The summed E-state index contributed by atoms with van der Waals surface area (Å²) in [5.41, 5.74) is 3.08. The summed E-state index contributed by atoms with van der Waals surface area (Å²) in [6, 6.07) is 12.6. The summed E-state index contributed by atoms with van der Waals surface area (Å²) in [6.07, 6.45) is 0.704. The molecule has 1 heterocycles. The molecule has 0 saturated carbocycles. The molecule has 7 heteroatoms. The van der Waals surface area contributed by atoms with E-state index in [1.54, 1.807) is 11.0 Å². The van der Waals surface area contributed by atoms with Crippen LogP contribution in [-0.4, -0.2) is 75.0 Å². The van der Waals surface area contributed by atoms with E-state index in [0.29, 0.717) is 24.3 Å². The van der Waals surface area contributed by atoms with E-state index in [0.717, 1.165) is 23.4 Å². The van der Waals surface area contributed by atoms with Gasteiger partial charge in [0, 0.05) is 26.3 Å². The zero-order valence-corrected chi connectivity index (χ0v) is 22.8. The number of hydrogen-bond acceptors (Lipinski definition) is 6. The molecule has 3 rings (SSSR count). The first kappa shape index (κ1) is 27.3. The van der Waals surface area contributed by atoms with Crippen LogP contribution < -0.4 is 9.64 Å². The summed E-state index contributed by atoms with van der Waals surface area (Å²) >= 11 is 0. The normalized spacial score (nSPS) is 17.7. The Labute approximate surface area is 215 Å². The van der Waals surface area contributed by atoms with Crippen molar-refractivity contribution in [1.29, 1.82) is 0 Å². The Hall–Kier alpha value is -3.32. The minimum atomic E-state index is -0.689. The van der Waals surface area contributed by atoms with Gasteiger partial charge in [0.25, 0.3) is 11.7 Å². The average Bonchev–Trinajstić information content (AvgIpc) is 3.07. The average molecular weight is 494 g/mol. The number of Topliss-reactive ketones (excluding diaryl/α,β-unsaturated/α-hetero) is 1. The van der Waals surface area contributed by atoms with E-state index in [1.807, 2.05) is 74.4 Å². The van der Waals surface area contributed by atoms with Gasteiger partial charge in [-0.3, -0.25) is 9.59 Å². The molecule has 36 heavy (non-hydrogen) atoms. The molecular weight excluding hydrogens is 454 g/mol. The molecule has 0 aromatic heterocycles. The number of nitrogens with zero attached hydrogens (tertiary/aromatic N) is 3. The molecule has 0 aliphatic carbocycles. The van der Waals surface area contributed by atoms with Crippen LogP contribution in [0.1, 0.15) is 49.9 Å². The van der Waals surface area contributed by atoms with Crippen LogP contribution in [0.25, 0.3) is 5.76 Å². The topological polar surface area (TPSA) is 73.3 Å². The van der Waals surface area contributed by atoms with E-state index in [2.05, 4.69) is 20.8 Å². The smallest absolute Gasteiger partial charge is 0.295 e. The van der Waals surface area contributed by atoms with Gasteiger partial charge in [-0.25, -0.2) is 0 Å². The molecule has 1 fully saturated rings. The SMILES string of the molecule is COc1ccc(C(C)(C)C)cc1/C(O)=C1\C(=O)C(=O)N(CCCN(C)C)C1c1ccc(N(C)C)cc1. The summed E-state index contributed by atoms with van der Waals surface area (Å²) in [6.45, 7) is 7.41. The maximum Gasteiger partial charge on any atom is 0.295 e. The Balaban J connectivity index is 2.20.